The smallest absolute Gasteiger partial charge is 0.169 e. The van der Waals surface area contributed by atoms with Crippen LogP contribution in [0.4, 0.5) is 14.5 Å². The summed E-state index contributed by atoms with van der Waals surface area (Å²) in [5.41, 5.74) is 4.76. The lowest BCUT2D eigenvalue weighted by molar-refractivity contribution is 0.587. The molecule has 0 spiro atoms. The zero-order valence-electron chi connectivity index (χ0n) is 5.17. The van der Waals surface area contributed by atoms with E-state index >= 15 is 0 Å². The lowest BCUT2D eigenvalue weighted by atomic mass is 10.3. The molecule has 1 nitrogen and oxygen atoms in total. The molecule has 0 saturated heterocycles. The number of anilines is 1. The van der Waals surface area contributed by atoms with Crippen molar-refractivity contribution in [3.8, 4) is 0 Å². The van der Waals surface area contributed by atoms with Crippen molar-refractivity contribution in [2.45, 2.75) is 0 Å². The predicted molar refractivity (Wildman–Crippen MR) is 40.8 cm³/mol. The Bertz CT molecular complexity index is 275. The first-order chi connectivity index (χ1) is 5.04. The number of benzene rings is 1. The fourth-order valence-corrected chi connectivity index (χ4v) is 0.915. The van der Waals surface area contributed by atoms with E-state index in [9.17, 15) is 8.78 Å². The largest absolute Gasteiger partial charge is 0.395 e. The molecule has 2 N–H and O–H groups in total. The van der Waals surface area contributed by atoms with Gasteiger partial charge in [-0.3, -0.25) is 0 Å². The highest BCUT2D eigenvalue weighted by atomic mass is 35.5. The van der Waals surface area contributed by atoms with E-state index in [-0.39, 0.29) is 10.7 Å². The number of nitrogen functional groups attached to an aromatic ring is 1. The minimum atomic E-state index is -1.02. The highest BCUT2D eigenvalue weighted by Gasteiger charge is 2.12. The average Bonchev–Trinajstić information content (AvgIpc) is 1.97. The number of nitrogens with two attached hydrogens (primary N) is 1. The average molecular weight is 198 g/mol. The van der Waals surface area contributed by atoms with Gasteiger partial charge in [0.2, 0.25) is 0 Å². The summed E-state index contributed by atoms with van der Waals surface area (Å²) in [6, 6.07) is 0.863. The van der Waals surface area contributed by atoms with Crippen LogP contribution in [-0.2, 0) is 0 Å². The van der Waals surface area contributed by atoms with E-state index in [1.807, 2.05) is 0 Å². The highest BCUT2D eigenvalue weighted by molar-refractivity contribution is 6.35. The number of rotatable bonds is 0. The van der Waals surface area contributed by atoms with Gasteiger partial charge < -0.3 is 5.73 Å². The topological polar surface area (TPSA) is 26.0 Å². The Morgan fingerprint density at radius 1 is 1.27 bits per heavy atom. The Labute approximate surface area is 71.7 Å². The van der Waals surface area contributed by atoms with Crippen molar-refractivity contribution in [1.82, 2.24) is 0 Å². The monoisotopic (exact) mass is 197 g/mol. The van der Waals surface area contributed by atoms with Gasteiger partial charge in [-0.25, -0.2) is 8.78 Å². The Morgan fingerprint density at radius 3 is 2.36 bits per heavy atom. The zero-order valence-corrected chi connectivity index (χ0v) is 6.68. The third-order valence-corrected chi connectivity index (χ3v) is 1.81. The van der Waals surface area contributed by atoms with Crippen molar-refractivity contribution >= 4 is 28.9 Å². The number of hydrogen-bond donors (Lipinski definition) is 1. The van der Waals surface area contributed by atoms with Gasteiger partial charge in [-0.15, -0.1) is 0 Å². The van der Waals surface area contributed by atoms with Crippen molar-refractivity contribution in [2.24, 2.45) is 0 Å². The maximum Gasteiger partial charge on any atom is 0.169 e. The molecule has 0 amide bonds. The van der Waals surface area contributed by atoms with Gasteiger partial charge in [0.25, 0.3) is 0 Å². The molecule has 0 aliphatic rings. The molecule has 0 unspecified atom stereocenters. The fourth-order valence-electron chi connectivity index (χ4n) is 0.580. The molecule has 0 atom stereocenters. The third kappa shape index (κ3) is 1.39. The van der Waals surface area contributed by atoms with Crippen molar-refractivity contribution in [2.75, 3.05) is 5.73 Å². The predicted octanol–water partition coefficient (Wildman–Crippen LogP) is 2.85. The van der Waals surface area contributed by atoms with E-state index in [1.165, 1.54) is 0 Å². The molecule has 1 rings (SSSR count). The molecular formula is C6H3Cl2F2N. The highest BCUT2D eigenvalue weighted by Crippen LogP contribution is 2.29. The van der Waals surface area contributed by atoms with Gasteiger partial charge in [-0.2, -0.15) is 0 Å². The Morgan fingerprint density at radius 2 is 1.82 bits per heavy atom. The van der Waals surface area contributed by atoms with Gasteiger partial charge in [0, 0.05) is 0 Å². The summed E-state index contributed by atoms with van der Waals surface area (Å²) < 4.78 is 25.2. The van der Waals surface area contributed by atoms with Crippen molar-refractivity contribution in [3.05, 3.63) is 27.7 Å². The van der Waals surface area contributed by atoms with E-state index in [0.717, 1.165) is 6.07 Å². The van der Waals surface area contributed by atoms with Crippen LogP contribution in [-0.4, -0.2) is 0 Å². The van der Waals surface area contributed by atoms with Crippen LogP contribution in [0.1, 0.15) is 0 Å². The molecule has 0 aliphatic carbocycles. The van der Waals surface area contributed by atoms with Crippen molar-refractivity contribution in [3.63, 3.8) is 0 Å². The van der Waals surface area contributed by atoms with Gasteiger partial charge in [0.1, 0.15) is 10.8 Å². The first kappa shape index (κ1) is 8.56. The molecular weight excluding hydrogens is 195 g/mol. The minimum absolute atomic E-state index is 0.176. The molecule has 0 saturated carbocycles. The molecule has 1 aromatic carbocycles. The van der Waals surface area contributed by atoms with Gasteiger partial charge in [0.05, 0.1) is 10.7 Å². The van der Waals surface area contributed by atoms with Crippen molar-refractivity contribution < 1.29 is 8.78 Å². The first-order valence-corrected chi connectivity index (χ1v) is 3.38. The van der Waals surface area contributed by atoms with Crippen LogP contribution in [0.2, 0.25) is 10.0 Å². The Hall–Kier alpha value is -0.540. The Kier molecular flexibility index (Phi) is 2.20. The van der Waals surface area contributed by atoms with Crippen LogP contribution < -0.4 is 5.73 Å². The molecule has 0 radical (unpaired) electrons. The molecule has 0 fully saturated rings. The second kappa shape index (κ2) is 2.83. The van der Waals surface area contributed by atoms with E-state index in [0.29, 0.717) is 0 Å². The third-order valence-electron chi connectivity index (χ3n) is 1.15. The zero-order chi connectivity index (χ0) is 8.59. The molecule has 0 aromatic heterocycles. The van der Waals surface area contributed by atoms with Gasteiger partial charge in [-0.1, -0.05) is 23.2 Å². The van der Waals surface area contributed by atoms with Crippen LogP contribution in [0.25, 0.3) is 0 Å². The van der Waals surface area contributed by atoms with Crippen molar-refractivity contribution in [1.29, 1.82) is 0 Å². The standard InChI is InChI=1S/C6H3Cl2F2N/c7-2-1-3(9)4(8)5(10)6(2)11/h1H,11H2. The lowest BCUT2D eigenvalue weighted by Gasteiger charge is -2.01. The van der Waals surface area contributed by atoms with Crippen LogP contribution in [0.15, 0.2) is 6.07 Å². The second-order valence-corrected chi connectivity index (χ2v) is 2.67. The van der Waals surface area contributed by atoms with Gasteiger partial charge >= 0.3 is 0 Å². The van der Waals surface area contributed by atoms with E-state index < -0.39 is 16.7 Å². The molecule has 5 heteroatoms. The fraction of sp³-hybridized carbons (Fsp3) is 0. The quantitative estimate of drug-likeness (QED) is 0.387. The number of halogens is 4. The molecule has 11 heavy (non-hydrogen) atoms. The summed E-state index contributed by atoms with van der Waals surface area (Å²) in [5, 5.41) is -0.809. The molecule has 0 aliphatic heterocycles. The second-order valence-electron chi connectivity index (χ2n) is 1.88. The van der Waals surface area contributed by atoms with E-state index in [2.05, 4.69) is 0 Å². The van der Waals surface area contributed by atoms with Crippen LogP contribution in [0.3, 0.4) is 0 Å². The molecule has 1 aromatic rings. The van der Waals surface area contributed by atoms with Gasteiger partial charge in [-0.05, 0) is 6.07 Å². The first-order valence-electron chi connectivity index (χ1n) is 2.62. The summed E-state index contributed by atoms with van der Waals surface area (Å²) in [4.78, 5) is 0. The van der Waals surface area contributed by atoms with Crippen LogP contribution >= 0.6 is 23.2 Å². The maximum atomic E-state index is 12.7. The Balaban J connectivity index is 3.46. The van der Waals surface area contributed by atoms with E-state index in [1.54, 1.807) is 0 Å². The SMILES string of the molecule is Nc1c(Cl)cc(F)c(Cl)c1F. The summed E-state index contributed by atoms with van der Waals surface area (Å²) in [7, 11) is 0. The summed E-state index contributed by atoms with van der Waals surface area (Å²) in [5.74, 6) is -1.93. The molecule has 0 heterocycles. The number of hydrogen-bond acceptors (Lipinski definition) is 1. The molecule has 0 bridgehead atoms. The minimum Gasteiger partial charge on any atom is -0.395 e. The van der Waals surface area contributed by atoms with Crippen LogP contribution in [0.5, 0.6) is 0 Å². The summed E-state index contributed by atoms with van der Waals surface area (Å²) >= 11 is 10.5. The normalized spacial score (nSPS) is 10.2. The maximum absolute atomic E-state index is 12.7. The van der Waals surface area contributed by atoms with Gasteiger partial charge in [0.15, 0.2) is 5.82 Å². The van der Waals surface area contributed by atoms with E-state index in [4.69, 9.17) is 28.9 Å². The summed E-state index contributed by atoms with van der Waals surface area (Å²) in [6.07, 6.45) is 0. The molecule has 60 valence electrons. The van der Waals surface area contributed by atoms with Crippen LogP contribution in [0, 0.1) is 11.6 Å². The summed E-state index contributed by atoms with van der Waals surface area (Å²) in [6.45, 7) is 0. The lowest BCUT2D eigenvalue weighted by Crippen LogP contribution is -1.94.